The molecule has 0 unspecified atom stereocenters. The molecule has 98 valence electrons. The molecule has 1 heterocycles. The zero-order valence-electron chi connectivity index (χ0n) is 9.68. The van der Waals surface area contributed by atoms with Crippen molar-refractivity contribution in [3.8, 4) is 0 Å². The summed E-state index contributed by atoms with van der Waals surface area (Å²) >= 11 is 0. The summed E-state index contributed by atoms with van der Waals surface area (Å²) in [6.07, 6.45) is 2.07. The number of amides is 1. The van der Waals surface area contributed by atoms with Gasteiger partial charge in [-0.15, -0.1) is 0 Å². The van der Waals surface area contributed by atoms with Gasteiger partial charge in [0.1, 0.15) is 0 Å². The van der Waals surface area contributed by atoms with Crippen molar-refractivity contribution in [3.05, 3.63) is 29.6 Å². The molecule has 1 amide bonds. The Morgan fingerprint density at radius 3 is 2.50 bits per heavy atom. The van der Waals surface area contributed by atoms with Crippen molar-refractivity contribution in [1.29, 1.82) is 0 Å². The average molecular weight is 258 g/mol. The lowest BCUT2D eigenvalue weighted by molar-refractivity contribution is -0.117. The molecule has 1 saturated heterocycles. The second kappa shape index (κ2) is 5.39. The van der Waals surface area contributed by atoms with Gasteiger partial charge >= 0.3 is 0 Å². The Morgan fingerprint density at radius 2 is 1.83 bits per heavy atom. The molecule has 0 bridgehead atoms. The van der Waals surface area contributed by atoms with Crippen LogP contribution in [0.4, 0.5) is 18.9 Å². The zero-order valence-corrected chi connectivity index (χ0v) is 9.68. The van der Waals surface area contributed by atoms with Crippen molar-refractivity contribution in [3.63, 3.8) is 0 Å². The van der Waals surface area contributed by atoms with Crippen molar-refractivity contribution in [2.24, 2.45) is 0 Å². The summed E-state index contributed by atoms with van der Waals surface area (Å²) in [5.74, 6) is -4.65. The van der Waals surface area contributed by atoms with E-state index in [4.69, 9.17) is 0 Å². The Kier molecular flexibility index (Phi) is 3.86. The van der Waals surface area contributed by atoms with Gasteiger partial charge in [0.25, 0.3) is 0 Å². The Labute approximate surface area is 103 Å². The summed E-state index contributed by atoms with van der Waals surface area (Å²) in [5.41, 5.74) is -0.335. The van der Waals surface area contributed by atoms with Crippen LogP contribution in [0, 0.1) is 17.5 Å². The van der Waals surface area contributed by atoms with Crippen molar-refractivity contribution < 1.29 is 18.0 Å². The normalized spacial score (nSPS) is 15.9. The number of anilines is 1. The molecule has 0 atom stereocenters. The number of rotatable bonds is 3. The fourth-order valence-electron chi connectivity index (χ4n) is 1.96. The minimum absolute atomic E-state index is 0.137. The highest BCUT2D eigenvalue weighted by Gasteiger charge is 2.18. The number of hydrogen-bond acceptors (Lipinski definition) is 2. The smallest absolute Gasteiger partial charge is 0.238 e. The fourth-order valence-corrected chi connectivity index (χ4v) is 1.96. The first-order chi connectivity index (χ1) is 8.58. The second-order valence-electron chi connectivity index (χ2n) is 4.25. The predicted octanol–water partition coefficient (Wildman–Crippen LogP) is 2.14. The molecule has 0 saturated carbocycles. The third-order valence-corrected chi connectivity index (χ3v) is 2.88. The van der Waals surface area contributed by atoms with Crippen LogP contribution in [0.2, 0.25) is 0 Å². The van der Waals surface area contributed by atoms with Crippen LogP contribution in [-0.4, -0.2) is 30.4 Å². The number of carbonyl (C=O) groups excluding carboxylic acids is 1. The lowest BCUT2D eigenvalue weighted by Crippen LogP contribution is -2.31. The quantitative estimate of drug-likeness (QED) is 0.842. The second-order valence-corrected chi connectivity index (χ2v) is 4.25. The molecule has 1 aliphatic rings. The van der Waals surface area contributed by atoms with Crippen molar-refractivity contribution >= 4 is 11.6 Å². The van der Waals surface area contributed by atoms with E-state index in [-0.39, 0.29) is 12.2 Å². The molecular weight excluding hydrogens is 245 g/mol. The van der Waals surface area contributed by atoms with E-state index >= 15 is 0 Å². The average Bonchev–Trinajstić information content (AvgIpc) is 2.83. The summed E-state index contributed by atoms with van der Waals surface area (Å²) in [6, 6.07) is 1.79. The van der Waals surface area contributed by atoms with Crippen LogP contribution in [0.1, 0.15) is 12.8 Å². The monoisotopic (exact) mass is 258 g/mol. The maximum Gasteiger partial charge on any atom is 0.238 e. The van der Waals surface area contributed by atoms with E-state index in [9.17, 15) is 18.0 Å². The molecule has 1 aromatic rings. The van der Waals surface area contributed by atoms with Crippen molar-refractivity contribution in [2.45, 2.75) is 12.8 Å². The van der Waals surface area contributed by atoms with E-state index in [1.165, 1.54) is 0 Å². The van der Waals surface area contributed by atoms with Gasteiger partial charge < -0.3 is 5.32 Å². The van der Waals surface area contributed by atoms with Gasteiger partial charge in [-0.1, -0.05) is 0 Å². The summed E-state index contributed by atoms with van der Waals surface area (Å²) in [6.45, 7) is 1.79. The highest BCUT2D eigenvalue weighted by atomic mass is 19.2. The third kappa shape index (κ3) is 2.81. The predicted molar refractivity (Wildman–Crippen MR) is 60.6 cm³/mol. The Balaban J connectivity index is 2.00. The van der Waals surface area contributed by atoms with E-state index in [1.807, 2.05) is 4.90 Å². The molecule has 1 N–H and O–H groups in total. The van der Waals surface area contributed by atoms with Gasteiger partial charge in [-0.2, -0.15) is 0 Å². The van der Waals surface area contributed by atoms with Crippen molar-refractivity contribution in [2.75, 3.05) is 25.0 Å². The van der Waals surface area contributed by atoms with Crippen LogP contribution in [0.25, 0.3) is 0 Å². The first-order valence-electron chi connectivity index (χ1n) is 5.73. The summed E-state index contributed by atoms with van der Waals surface area (Å²) in [5, 5.41) is 2.24. The van der Waals surface area contributed by atoms with E-state index < -0.39 is 23.4 Å². The standard InChI is InChI=1S/C12H13F3N2O/c13-8-3-4-9(12(15)11(8)14)16-10(18)7-17-5-1-2-6-17/h3-4H,1-2,5-7H2,(H,16,18). The molecule has 0 spiro atoms. The Hall–Kier alpha value is -1.56. The lowest BCUT2D eigenvalue weighted by Gasteiger charge is -2.14. The molecule has 18 heavy (non-hydrogen) atoms. The number of likely N-dealkylation sites (tertiary alicyclic amines) is 1. The number of nitrogens with one attached hydrogen (secondary N) is 1. The van der Waals surface area contributed by atoms with Crippen LogP contribution in [0.3, 0.4) is 0 Å². The highest BCUT2D eigenvalue weighted by molar-refractivity contribution is 5.92. The number of hydrogen-bond donors (Lipinski definition) is 1. The van der Waals surface area contributed by atoms with Gasteiger partial charge in [-0.3, -0.25) is 9.69 Å². The van der Waals surface area contributed by atoms with Crippen LogP contribution in [-0.2, 0) is 4.79 Å². The number of halogens is 3. The maximum absolute atomic E-state index is 13.3. The SMILES string of the molecule is O=C(CN1CCCC1)Nc1ccc(F)c(F)c1F. The molecule has 1 aliphatic heterocycles. The molecule has 1 aromatic carbocycles. The zero-order chi connectivity index (χ0) is 13.1. The van der Waals surface area contributed by atoms with Crippen LogP contribution < -0.4 is 5.32 Å². The first kappa shape index (κ1) is 12.9. The number of carbonyl (C=O) groups is 1. The minimum Gasteiger partial charge on any atom is -0.322 e. The third-order valence-electron chi connectivity index (χ3n) is 2.88. The van der Waals surface area contributed by atoms with Crippen LogP contribution in [0.5, 0.6) is 0 Å². The molecule has 0 aliphatic carbocycles. The largest absolute Gasteiger partial charge is 0.322 e. The molecule has 0 radical (unpaired) electrons. The summed E-state index contributed by atoms with van der Waals surface area (Å²) in [4.78, 5) is 13.5. The molecule has 3 nitrogen and oxygen atoms in total. The molecule has 6 heteroatoms. The Bertz CT molecular complexity index is 459. The maximum atomic E-state index is 13.3. The van der Waals surface area contributed by atoms with E-state index in [0.717, 1.165) is 38.1 Å². The molecule has 2 rings (SSSR count). The van der Waals surface area contributed by atoms with E-state index in [2.05, 4.69) is 5.32 Å². The highest BCUT2D eigenvalue weighted by Crippen LogP contribution is 2.19. The molecular formula is C12H13F3N2O. The molecule has 0 aromatic heterocycles. The fraction of sp³-hybridized carbons (Fsp3) is 0.417. The number of benzene rings is 1. The van der Waals surface area contributed by atoms with Gasteiger partial charge in [0.15, 0.2) is 17.5 Å². The lowest BCUT2D eigenvalue weighted by atomic mass is 10.2. The topological polar surface area (TPSA) is 32.3 Å². The van der Waals surface area contributed by atoms with Crippen LogP contribution in [0.15, 0.2) is 12.1 Å². The first-order valence-corrected chi connectivity index (χ1v) is 5.73. The number of nitrogens with zero attached hydrogens (tertiary/aromatic N) is 1. The van der Waals surface area contributed by atoms with Crippen molar-refractivity contribution in [1.82, 2.24) is 4.90 Å². The summed E-state index contributed by atoms with van der Waals surface area (Å²) < 4.78 is 38.9. The summed E-state index contributed by atoms with van der Waals surface area (Å²) in [7, 11) is 0. The van der Waals surface area contributed by atoms with Crippen LogP contribution >= 0.6 is 0 Å². The van der Waals surface area contributed by atoms with E-state index in [0.29, 0.717) is 0 Å². The Morgan fingerprint density at radius 1 is 1.17 bits per heavy atom. The van der Waals surface area contributed by atoms with E-state index in [1.54, 1.807) is 0 Å². The minimum atomic E-state index is -1.58. The molecule has 1 fully saturated rings. The van der Waals surface area contributed by atoms with Gasteiger partial charge in [0.05, 0.1) is 12.2 Å². The van der Waals surface area contributed by atoms with Gasteiger partial charge in [-0.25, -0.2) is 13.2 Å². The van der Waals surface area contributed by atoms with Gasteiger partial charge in [0.2, 0.25) is 5.91 Å². The van der Waals surface area contributed by atoms with Gasteiger partial charge in [-0.05, 0) is 38.1 Å². The van der Waals surface area contributed by atoms with Gasteiger partial charge in [0, 0.05) is 0 Å².